The maximum absolute atomic E-state index is 12.4. The van der Waals surface area contributed by atoms with Gasteiger partial charge in [-0.15, -0.1) is 11.3 Å². The monoisotopic (exact) mass is 495 g/mol. The summed E-state index contributed by atoms with van der Waals surface area (Å²) >= 11 is 7.02. The van der Waals surface area contributed by atoms with Crippen LogP contribution in [0.3, 0.4) is 0 Å². The molecule has 0 aliphatic carbocycles. The molecule has 5 aromatic rings. The van der Waals surface area contributed by atoms with Gasteiger partial charge in [0.15, 0.2) is 5.11 Å². The quantitative estimate of drug-likeness (QED) is 0.202. The molecule has 0 unspecified atom stereocenters. The first-order valence-corrected chi connectivity index (χ1v) is 12.2. The van der Waals surface area contributed by atoms with Crippen LogP contribution in [0.4, 0.5) is 5.69 Å². The number of rotatable bonds is 5. The Kier molecular flexibility index (Phi) is 6.52. The van der Waals surface area contributed by atoms with Crippen molar-refractivity contribution in [2.45, 2.75) is 6.92 Å². The molecular weight excluding hydrogens is 474 g/mol. The summed E-state index contributed by atoms with van der Waals surface area (Å²) in [6, 6.07) is 27.5. The Morgan fingerprint density at radius 3 is 2.60 bits per heavy atom. The molecule has 0 saturated carbocycles. The van der Waals surface area contributed by atoms with Crippen molar-refractivity contribution in [2.24, 2.45) is 0 Å². The molecule has 7 heteroatoms. The molecule has 2 aromatic heterocycles. The van der Waals surface area contributed by atoms with Crippen molar-refractivity contribution in [1.29, 1.82) is 0 Å². The minimum Gasteiger partial charge on any atom is -0.457 e. The van der Waals surface area contributed by atoms with Crippen molar-refractivity contribution in [3.8, 4) is 21.9 Å². The van der Waals surface area contributed by atoms with E-state index >= 15 is 0 Å². The molecule has 0 radical (unpaired) electrons. The molecule has 0 aliphatic heterocycles. The van der Waals surface area contributed by atoms with Crippen LogP contribution in [0.15, 0.2) is 95.4 Å². The average Bonchev–Trinajstić information content (AvgIpc) is 3.52. The van der Waals surface area contributed by atoms with Crippen molar-refractivity contribution < 1.29 is 9.21 Å². The van der Waals surface area contributed by atoms with Gasteiger partial charge in [0.2, 0.25) is 5.91 Å². The second-order valence-electron chi connectivity index (χ2n) is 7.81. The number of hydrogen-bond donors (Lipinski definition) is 2. The highest BCUT2D eigenvalue weighted by Gasteiger charge is 2.12. The SMILES string of the molecule is Cc1c(NC(=S)NC(=O)/C=C/c2ccc(-c3ccccc3)o2)cccc1-c1nc2ccccc2s1. The number of thiocarbonyl (C=S) groups is 1. The number of anilines is 1. The van der Waals surface area contributed by atoms with E-state index in [4.69, 9.17) is 21.6 Å². The third-order valence-corrected chi connectivity index (χ3v) is 6.70. The topological polar surface area (TPSA) is 67.2 Å². The number of para-hydroxylation sites is 1. The van der Waals surface area contributed by atoms with Gasteiger partial charge in [-0.05, 0) is 61.1 Å². The third-order valence-electron chi connectivity index (χ3n) is 5.43. The smallest absolute Gasteiger partial charge is 0.250 e. The molecule has 35 heavy (non-hydrogen) atoms. The van der Waals surface area contributed by atoms with Gasteiger partial charge < -0.3 is 9.73 Å². The number of aromatic nitrogens is 1. The fraction of sp³-hybridized carbons (Fsp3) is 0.0357. The average molecular weight is 496 g/mol. The zero-order valence-corrected chi connectivity index (χ0v) is 20.5. The molecule has 0 aliphatic rings. The molecule has 0 bridgehead atoms. The highest BCUT2D eigenvalue weighted by atomic mass is 32.1. The highest BCUT2D eigenvalue weighted by molar-refractivity contribution is 7.80. The van der Waals surface area contributed by atoms with Gasteiger partial charge in [-0.2, -0.15) is 0 Å². The number of carbonyl (C=O) groups is 1. The van der Waals surface area contributed by atoms with Crippen LogP contribution >= 0.6 is 23.6 Å². The lowest BCUT2D eigenvalue weighted by molar-refractivity contribution is -0.115. The number of benzene rings is 3. The van der Waals surface area contributed by atoms with Crippen molar-refractivity contribution in [1.82, 2.24) is 10.3 Å². The number of fused-ring (bicyclic) bond motifs is 1. The fourth-order valence-electron chi connectivity index (χ4n) is 3.66. The third kappa shape index (κ3) is 5.21. The van der Waals surface area contributed by atoms with E-state index in [1.165, 1.54) is 6.08 Å². The molecule has 1 amide bonds. The van der Waals surface area contributed by atoms with Crippen molar-refractivity contribution >= 4 is 56.6 Å². The number of nitrogens with zero attached hydrogens (tertiary/aromatic N) is 1. The Labute approximate surface area is 212 Å². The molecular formula is C28H21N3O2S2. The summed E-state index contributed by atoms with van der Waals surface area (Å²) in [5.41, 5.74) is 4.80. The maximum Gasteiger partial charge on any atom is 0.250 e. The Morgan fingerprint density at radius 1 is 0.971 bits per heavy atom. The summed E-state index contributed by atoms with van der Waals surface area (Å²) in [6.45, 7) is 2.01. The molecule has 0 fully saturated rings. The molecule has 0 atom stereocenters. The Balaban J connectivity index is 1.24. The molecule has 5 nitrogen and oxygen atoms in total. The van der Waals surface area contributed by atoms with Crippen LogP contribution in [-0.4, -0.2) is 16.0 Å². The molecule has 0 saturated heterocycles. The first kappa shape index (κ1) is 22.7. The van der Waals surface area contributed by atoms with Crippen molar-refractivity contribution in [2.75, 3.05) is 5.32 Å². The van der Waals surface area contributed by atoms with Gasteiger partial charge in [0.1, 0.15) is 16.5 Å². The van der Waals surface area contributed by atoms with E-state index in [1.807, 2.05) is 85.8 Å². The van der Waals surface area contributed by atoms with Gasteiger partial charge in [0, 0.05) is 22.9 Å². The zero-order valence-electron chi connectivity index (χ0n) is 18.8. The minimum absolute atomic E-state index is 0.216. The van der Waals surface area contributed by atoms with E-state index in [-0.39, 0.29) is 11.0 Å². The molecule has 3 aromatic carbocycles. The first-order chi connectivity index (χ1) is 17.1. The van der Waals surface area contributed by atoms with Crippen LogP contribution in [0.5, 0.6) is 0 Å². The van der Waals surface area contributed by atoms with Gasteiger partial charge >= 0.3 is 0 Å². The van der Waals surface area contributed by atoms with E-state index in [2.05, 4.69) is 16.7 Å². The van der Waals surface area contributed by atoms with Gasteiger partial charge in [-0.25, -0.2) is 4.98 Å². The minimum atomic E-state index is -0.347. The van der Waals surface area contributed by atoms with Crippen LogP contribution in [0.25, 0.3) is 38.2 Å². The maximum atomic E-state index is 12.4. The predicted octanol–water partition coefficient (Wildman–Crippen LogP) is 7.06. The summed E-state index contributed by atoms with van der Waals surface area (Å²) in [4.78, 5) is 17.1. The largest absolute Gasteiger partial charge is 0.457 e. The second kappa shape index (κ2) is 10.0. The summed E-state index contributed by atoms with van der Waals surface area (Å²) in [5.74, 6) is 0.976. The van der Waals surface area contributed by atoms with E-state index in [0.717, 1.165) is 43.4 Å². The Morgan fingerprint density at radius 2 is 1.77 bits per heavy atom. The van der Waals surface area contributed by atoms with Crippen molar-refractivity contribution in [3.63, 3.8) is 0 Å². The van der Waals surface area contributed by atoms with Crippen LogP contribution in [-0.2, 0) is 4.79 Å². The molecule has 2 heterocycles. The lowest BCUT2D eigenvalue weighted by Crippen LogP contribution is -2.33. The molecule has 172 valence electrons. The lowest BCUT2D eigenvalue weighted by Gasteiger charge is -2.13. The van der Waals surface area contributed by atoms with Gasteiger partial charge in [0.25, 0.3) is 0 Å². The summed E-state index contributed by atoms with van der Waals surface area (Å²) < 4.78 is 6.93. The number of furan rings is 1. The Hall–Kier alpha value is -4.07. The van der Waals surface area contributed by atoms with Crippen LogP contribution in [0.1, 0.15) is 11.3 Å². The number of hydrogen-bond acceptors (Lipinski definition) is 5. The predicted molar refractivity (Wildman–Crippen MR) is 147 cm³/mol. The normalized spacial score (nSPS) is 11.1. The van der Waals surface area contributed by atoms with E-state index in [1.54, 1.807) is 17.4 Å². The number of nitrogens with one attached hydrogen (secondary N) is 2. The molecule has 0 spiro atoms. The van der Waals surface area contributed by atoms with E-state index in [9.17, 15) is 4.79 Å². The number of amides is 1. The van der Waals surface area contributed by atoms with Gasteiger partial charge in [0.05, 0.1) is 10.2 Å². The summed E-state index contributed by atoms with van der Waals surface area (Å²) in [6.07, 6.45) is 3.01. The van der Waals surface area contributed by atoms with Crippen molar-refractivity contribution in [3.05, 3.63) is 102 Å². The zero-order chi connectivity index (χ0) is 24.2. The summed E-state index contributed by atoms with van der Waals surface area (Å²) in [7, 11) is 0. The van der Waals surface area contributed by atoms with Gasteiger partial charge in [-0.1, -0.05) is 54.6 Å². The lowest BCUT2D eigenvalue weighted by atomic mass is 10.1. The highest BCUT2D eigenvalue weighted by Crippen LogP contribution is 2.34. The first-order valence-electron chi connectivity index (χ1n) is 11.0. The van der Waals surface area contributed by atoms with Crippen LogP contribution in [0, 0.1) is 6.92 Å². The molecule has 5 rings (SSSR count). The summed E-state index contributed by atoms with van der Waals surface area (Å²) in [5, 5.41) is 6.97. The van der Waals surface area contributed by atoms with Crippen LogP contribution in [0.2, 0.25) is 0 Å². The number of thiazole rings is 1. The Bertz CT molecular complexity index is 1520. The fourth-order valence-corrected chi connectivity index (χ4v) is 4.91. The molecule has 2 N–H and O–H groups in total. The van der Waals surface area contributed by atoms with E-state index in [0.29, 0.717) is 5.76 Å². The second-order valence-corrected chi connectivity index (χ2v) is 9.25. The van der Waals surface area contributed by atoms with Crippen LogP contribution < -0.4 is 10.6 Å². The standard InChI is InChI=1S/C28H21N3O2S2/c1-18-21(27-29-23-11-5-6-13-25(23)35-27)10-7-12-22(18)30-28(34)31-26(32)17-15-20-14-16-24(33-20)19-8-3-2-4-9-19/h2-17H,1H3,(H2,30,31,32,34)/b17-15+. The van der Waals surface area contributed by atoms with E-state index < -0.39 is 0 Å². The number of carbonyl (C=O) groups excluding carboxylic acids is 1. The van der Waals surface area contributed by atoms with Gasteiger partial charge in [-0.3, -0.25) is 10.1 Å².